The molecule has 3 unspecified atom stereocenters. The third kappa shape index (κ3) is 5.00. The van der Waals surface area contributed by atoms with E-state index in [2.05, 4.69) is 65.8 Å². The second kappa shape index (κ2) is 7.76. The van der Waals surface area contributed by atoms with Crippen LogP contribution in [0.25, 0.3) is 0 Å². The Morgan fingerprint density at radius 2 is 1.46 bits per heavy atom. The SMILES string of the molecule is CC(C)(N)CC(c1ccc(C2CC2C(C)(C)C2CCCCC2)cc1)C(C)(C)N. The number of nitrogens with two attached hydrogens (primary N) is 2. The predicted octanol–water partition coefficient (Wildman–Crippen LogP) is 6.34. The fourth-order valence-electron chi connectivity index (χ4n) is 5.85. The molecule has 2 fully saturated rings. The third-order valence-corrected chi connectivity index (χ3v) is 7.80. The maximum absolute atomic E-state index is 6.54. The van der Waals surface area contributed by atoms with Gasteiger partial charge in [0.2, 0.25) is 0 Å². The highest BCUT2D eigenvalue weighted by atomic mass is 14.8. The zero-order valence-electron chi connectivity index (χ0n) is 19.2. The molecule has 0 heterocycles. The molecule has 4 N–H and O–H groups in total. The fourth-order valence-corrected chi connectivity index (χ4v) is 5.85. The minimum Gasteiger partial charge on any atom is -0.326 e. The van der Waals surface area contributed by atoms with E-state index in [1.54, 1.807) is 0 Å². The van der Waals surface area contributed by atoms with Crippen LogP contribution in [0.15, 0.2) is 24.3 Å². The van der Waals surface area contributed by atoms with E-state index in [1.165, 1.54) is 49.7 Å². The molecule has 0 spiro atoms. The lowest BCUT2D eigenvalue weighted by molar-refractivity contribution is 0.128. The average Bonchev–Trinajstić information content (AvgIpc) is 3.41. The van der Waals surface area contributed by atoms with Crippen LogP contribution in [0, 0.1) is 17.3 Å². The Morgan fingerprint density at radius 1 is 0.893 bits per heavy atom. The van der Waals surface area contributed by atoms with Gasteiger partial charge in [-0.05, 0) is 87.7 Å². The van der Waals surface area contributed by atoms with E-state index >= 15 is 0 Å². The topological polar surface area (TPSA) is 52.0 Å². The van der Waals surface area contributed by atoms with Gasteiger partial charge in [-0.3, -0.25) is 0 Å². The summed E-state index contributed by atoms with van der Waals surface area (Å²) in [6.07, 6.45) is 9.47. The van der Waals surface area contributed by atoms with Gasteiger partial charge in [0, 0.05) is 17.0 Å². The number of benzene rings is 1. The van der Waals surface area contributed by atoms with Crippen LogP contribution in [0.2, 0.25) is 0 Å². The summed E-state index contributed by atoms with van der Waals surface area (Å²) in [5.74, 6) is 2.80. The van der Waals surface area contributed by atoms with Crippen molar-refractivity contribution in [3.63, 3.8) is 0 Å². The van der Waals surface area contributed by atoms with Crippen LogP contribution >= 0.6 is 0 Å². The molecule has 0 aliphatic heterocycles. The lowest BCUT2D eigenvalue weighted by Crippen LogP contribution is -2.45. The highest BCUT2D eigenvalue weighted by Gasteiger charge is 2.51. The van der Waals surface area contributed by atoms with Crippen molar-refractivity contribution in [2.45, 2.75) is 109 Å². The molecule has 158 valence electrons. The van der Waals surface area contributed by atoms with Crippen LogP contribution in [-0.4, -0.2) is 11.1 Å². The van der Waals surface area contributed by atoms with E-state index in [0.29, 0.717) is 5.41 Å². The minimum atomic E-state index is -0.275. The summed E-state index contributed by atoms with van der Waals surface area (Å²) in [7, 11) is 0. The highest BCUT2D eigenvalue weighted by Crippen LogP contribution is 2.61. The molecule has 2 aliphatic carbocycles. The van der Waals surface area contributed by atoms with Crippen LogP contribution in [0.5, 0.6) is 0 Å². The molecule has 0 bridgehead atoms. The predicted molar refractivity (Wildman–Crippen MR) is 122 cm³/mol. The van der Waals surface area contributed by atoms with E-state index in [-0.39, 0.29) is 17.0 Å². The van der Waals surface area contributed by atoms with Gasteiger partial charge in [-0.2, -0.15) is 0 Å². The van der Waals surface area contributed by atoms with E-state index in [0.717, 1.165) is 24.2 Å². The molecule has 2 nitrogen and oxygen atoms in total. The molecule has 0 aromatic heterocycles. The van der Waals surface area contributed by atoms with E-state index in [9.17, 15) is 0 Å². The van der Waals surface area contributed by atoms with Gasteiger partial charge in [0.25, 0.3) is 0 Å². The first-order chi connectivity index (χ1) is 12.9. The van der Waals surface area contributed by atoms with Gasteiger partial charge < -0.3 is 11.5 Å². The van der Waals surface area contributed by atoms with Crippen molar-refractivity contribution in [2.24, 2.45) is 28.7 Å². The Labute approximate surface area is 173 Å². The van der Waals surface area contributed by atoms with Crippen molar-refractivity contribution < 1.29 is 0 Å². The summed E-state index contributed by atoms with van der Waals surface area (Å²) in [5, 5.41) is 0. The van der Waals surface area contributed by atoms with Gasteiger partial charge in [0.15, 0.2) is 0 Å². The van der Waals surface area contributed by atoms with Crippen LogP contribution in [-0.2, 0) is 0 Å². The Bertz CT molecular complexity index is 638. The Kier molecular flexibility index (Phi) is 6.05. The van der Waals surface area contributed by atoms with Gasteiger partial charge in [0.1, 0.15) is 0 Å². The Balaban J connectivity index is 1.71. The standard InChI is InChI=1S/C26H44N2/c1-24(2,27)17-23(26(5,6)28)19-14-12-18(13-15-19)21-16-22(21)25(3,4)20-10-8-7-9-11-20/h12-15,20-23H,7-11,16-17,27-28H2,1-6H3. The fraction of sp³-hybridized carbons (Fsp3) is 0.769. The molecular weight excluding hydrogens is 340 g/mol. The molecule has 28 heavy (non-hydrogen) atoms. The van der Waals surface area contributed by atoms with Crippen molar-refractivity contribution >= 4 is 0 Å². The Morgan fingerprint density at radius 3 is 1.96 bits per heavy atom. The van der Waals surface area contributed by atoms with Crippen LogP contribution in [0.4, 0.5) is 0 Å². The zero-order chi connectivity index (χ0) is 20.7. The summed E-state index contributed by atoms with van der Waals surface area (Å²) in [4.78, 5) is 0. The Hall–Kier alpha value is -0.860. The maximum atomic E-state index is 6.54. The average molecular weight is 385 g/mol. The summed E-state index contributed by atoms with van der Waals surface area (Å²) in [6.45, 7) is 13.5. The lowest BCUT2D eigenvalue weighted by Gasteiger charge is -2.38. The van der Waals surface area contributed by atoms with Crippen molar-refractivity contribution in [1.82, 2.24) is 0 Å². The van der Waals surface area contributed by atoms with Gasteiger partial charge >= 0.3 is 0 Å². The summed E-state index contributed by atoms with van der Waals surface area (Å²) in [5.41, 5.74) is 15.7. The molecule has 3 rings (SSSR count). The summed E-state index contributed by atoms with van der Waals surface area (Å²) < 4.78 is 0. The number of hydrogen-bond acceptors (Lipinski definition) is 2. The second-order valence-corrected chi connectivity index (χ2v) is 11.8. The molecule has 1 aromatic rings. The second-order valence-electron chi connectivity index (χ2n) is 11.8. The van der Waals surface area contributed by atoms with Crippen LogP contribution in [0.1, 0.15) is 109 Å². The third-order valence-electron chi connectivity index (χ3n) is 7.80. The quantitative estimate of drug-likeness (QED) is 0.576. The molecule has 1 aromatic carbocycles. The number of rotatable bonds is 7. The van der Waals surface area contributed by atoms with Gasteiger partial charge in [-0.15, -0.1) is 0 Å². The molecule has 0 saturated heterocycles. The number of hydrogen-bond donors (Lipinski definition) is 2. The first-order valence-electron chi connectivity index (χ1n) is 11.6. The summed E-state index contributed by atoms with van der Waals surface area (Å²) in [6, 6.07) is 9.39. The normalized spacial score (nSPS) is 25.6. The van der Waals surface area contributed by atoms with Crippen molar-refractivity contribution in [1.29, 1.82) is 0 Å². The van der Waals surface area contributed by atoms with Gasteiger partial charge in [0.05, 0.1) is 0 Å². The molecule has 2 saturated carbocycles. The molecule has 0 amide bonds. The largest absolute Gasteiger partial charge is 0.326 e. The maximum Gasteiger partial charge on any atom is 0.0167 e. The molecule has 2 aliphatic rings. The van der Waals surface area contributed by atoms with Gasteiger partial charge in [-0.1, -0.05) is 57.4 Å². The van der Waals surface area contributed by atoms with Crippen LogP contribution < -0.4 is 11.5 Å². The molecule has 0 radical (unpaired) electrons. The zero-order valence-corrected chi connectivity index (χ0v) is 19.2. The first-order valence-corrected chi connectivity index (χ1v) is 11.6. The van der Waals surface area contributed by atoms with Crippen molar-refractivity contribution in [2.75, 3.05) is 0 Å². The summed E-state index contributed by atoms with van der Waals surface area (Å²) >= 11 is 0. The van der Waals surface area contributed by atoms with E-state index in [4.69, 9.17) is 11.5 Å². The van der Waals surface area contributed by atoms with E-state index in [1.807, 2.05) is 0 Å². The monoisotopic (exact) mass is 384 g/mol. The van der Waals surface area contributed by atoms with Crippen molar-refractivity contribution in [3.05, 3.63) is 35.4 Å². The van der Waals surface area contributed by atoms with Crippen molar-refractivity contribution in [3.8, 4) is 0 Å². The lowest BCUT2D eigenvalue weighted by atomic mass is 9.67. The van der Waals surface area contributed by atoms with E-state index < -0.39 is 0 Å². The van der Waals surface area contributed by atoms with Crippen LogP contribution in [0.3, 0.4) is 0 Å². The highest BCUT2D eigenvalue weighted by molar-refractivity contribution is 5.33. The molecule has 3 atom stereocenters. The minimum absolute atomic E-state index is 0.217. The molecular formula is C26H44N2. The first kappa shape index (κ1) is 21.8. The van der Waals surface area contributed by atoms with Gasteiger partial charge in [-0.25, -0.2) is 0 Å². The molecule has 2 heteroatoms. The smallest absolute Gasteiger partial charge is 0.0167 e.